The average molecular weight is 472 g/mol. The maximum atomic E-state index is 11.0. The van der Waals surface area contributed by atoms with E-state index in [0.717, 1.165) is 5.56 Å². The number of nitrogens with two attached hydrogens (primary N) is 2. The van der Waals surface area contributed by atoms with E-state index in [2.05, 4.69) is 4.98 Å². The normalized spacial score (nSPS) is 12.1. The highest BCUT2D eigenvalue weighted by Crippen LogP contribution is 2.36. The number of carboxylic acids is 1. The van der Waals surface area contributed by atoms with Gasteiger partial charge in [-0.05, 0) is 48.4 Å². The van der Waals surface area contributed by atoms with Crippen LogP contribution in [0.2, 0.25) is 10.0 Å². The maximum absolute atomic E-state index is 11.0. The topological polar surface area (TPSA) is 125 Å². The van der Waals surface area contributed by atoms with Gasteiger partial charge in [-0.3, -0.25) is 4.79 Å². The Hall–Kier alpha value is -3.26. The van der Waals surface area contributed by atoms with E-state index in [1.165, 1.54) is 0 Å². The predicted molar refractivity (Wildman–Crippen MR) is 124 cm³/mol. The molecule has 0 fully saturated rings. The van der Waals surface area contributed by atoms with E-state index in [1.54, 1.807) is 24.3 Å². The van der Waals surface area contributed by atoms with Gasteiger partial charge in [0.25, 0.3) is 0 Å². The molecule has 4 rings (SSSR count). The number of halogens is 2. The second-order valence-corrected chi connectivity index (χ2v) is 8.05. The molecule has 1 atom stereocenters. The number of anilines is 1. The zero-order chi connectivity index (χ0) is 22.8. The van der Waals surface area contributed by atoms with E-state index in [0.29, 0.717) is 33.8 Å². The van der Waals surface area contributed by atoms with Crippen LogP contribution in [0.5, 0.6) is 5.75 Å². The molecule has 0 amide bonds. The van der Waals surface area contributed by atoms with Crippen molar-refractivity contribution in [3.63, 3.8) is 0 Å². The molecule has 7 nitrogen and oxygen atoms in total. The van der Waals surface area contributed by atoms with Crippen molar-refractivity contribution in [3.8, 4) is 17.2 Å². The van der Waals surface area contributed by atoms with Crippen molar-refractivity contribution in [3.05, 3.63) is 75.8 Å². The second kappa shape index (κ2) is 9.08. The summed E-state index contributed by atoms with van der Waals surface area (Å²) in [7, 11) is 0. The third-order valence-corrected chi connectivity index (χ3v) is 5.37. The maximum Gasteiger partial charge on any atom is 0.320 e. The molecule has 4 aromatic rings. The van der Waals surface area contributed by atoms with Crippen LogP contribution in [0, 0.1) is 0 Å². The Morgan fingerprint density at radius 2 is 1.81 bits per heavy atom. The van der Waals surface area contributed by atoms with Crippen LogP contribution in [-0.2, 0) is 17.8 Å². The number of fused-ring (bicyclic) bond motifs is 1. The molecule has 32 heavy (non-hydrogen) atoms. The molecule has 1 aromatic heterocycles. The predicted octanol–water partition coefficient (Wildman–Crippen LogP) is 4.92. The molecule has 5 N–H and O–H groups in total. The van der Waals surface area contributed by atoms with E-state index in [1.807, 2.05) is 30.3 Å². The Bertz CT molecular complexity index is 1270. The van der Waals surface area contributed by atoms with Crippen LogP contribution in [0.3, 0.4) is 0 Å². The molecule has 1 unspecified atom stereocenters. The fraction of sp³-hybridized carbons (Fsp3) is 0.130. The lowest BCUT2D eigenvalue weighted by Crippen LogP contribution is -2.32. The summed E-state index contributed by atoms with van der Waals surface area (Å²) in [6.07, 6.45) is 0.0885. The average Bonchev–Trinajstić information content (AvgIpc) is 3.17. The number of carbonyl (C=O) groups is 1. The molecular weight excluding hydrogens is 453 g/mol. The molecule has 1 heterocycles. The number of aliphatic carboxylic acids is 1. The summed E-state index contributed by atoms with van der Waals surface area (Å²) in [5.74, 6) is -0.368. The Morgan fingerprint density at radius 1 is 1.12 bits per heavy atom. The number of nitrogen functional groups attached to an aromatic ring is 1. The van der Waals surface area contributed by atoms with E-state index < -0.39 is 12.0 Å². The molecule has 0 bridgehead atoms. The summed E-state index contributed by atoms with van der Waals surface area (Å²) in [4.78, 5) is 15.5. The quantitative estimate of drug-likeness (QED) is 0.326. The van der Waals surface area contributed by atoms with Gasteiger partial charge >= 0.3 is 5.97 Å². The fourth-order valence-electron chi connectivity index (χ4n) is 3.30. The van der Waals surface area contributed by atoms with E-state index in [9.17, 15) is 4.79 Å². The summed E-state index contributed by atoms with van der Waals surface area (Å²) in [5, 5.41) is 9.48. The van der Waals surface area contributed by atoms with E-state index in [4.69, 9.17) is 48.9 Å². The lowest BCUT2D eigenvalue weighted by Gasteiger charge is -2.13. The van der Waals surface area contributed by atoms with Gasteiger partial charge in [-0.25, -0.2) is 4.98 Å². The zero-order valence-electron chi connectivity index (χ0n) is 16.7. The number of hydrogen-bond donors (Lipinski definition) is 3. The molecule has 0 saturated heterocycles. The van der Waals surface area contributed by atoms with Gasteiger partial charge in [-0.1, -0.05) is 41.4 Å². The number of oxazole rings is 1. The van der Waals surface area contributed by atoms with Crippen LogP contribution < -0.4 is 16.2 Å². The van der Waals surface area contributed by atoms with Crippen molar-refractivity contribution in [2.24, 2.45) is 5.73 Å². The molecule has 0 aliphatic rings. The molecule has 0 radical (unpaired) electrons. The SMILES string of the molecule is Nc1cc(COc2c(Cl)cc(CC(N)C(=O)O)cc2Cl)c2oc(-c3ccccc3)nc2c1. The monoisotopic (exact) mass is 471 g/mol. The molecule has 0 spiro atoms. The Morgan fingerprint density at radius 3 is 2.47 bits per heavy atom. The van der Waals surface area contributed by atoms with Gasteiger partial charge in [0.2, 0.25) is 5.89 Å². The minimum atomic E-state index is -1.11. The van der Waals surface area contributed by atoms with Crippen LogP contribution in [0.25, 0.3) is 22.6 Å². The highest BCUT2D eigenvalue weighted by Gasteiger charge is 2.18. The molecule has 3 aromatic carbocycles. The molecular formula is C23H19Cl2N3O4. The van der Waals surface area contributed by atoms with Gasteiger partial charge in [0.1, 0.15) is 18.2 Å². The molecule has 0 aliphatic heterocycles. The minimum absolute atomic E-state index is 0.0817. The van der Waals surface area contributed by atoms with E-state index >= 15 is 0 Å². The largest absolute Gasteiger partial charge is 0.486 e. The molecule has 0 saturated carbocycles. The second-order valence-electron chi connectivity index (χ2n) is 7.24. The highest BCUT2D eigenvalue weighted by molar-refractivity contribution is 6.37. The van der Waals surface area contributed by atoms with Crippen LogP contribution in [0.4, 0.5) is 5.69 Å². The van der Waals surface area contributed by atoms with Gasteiger partial charge in [-0.2, -0.15) is 0 Å². The van der Waals surface area contributed by atoms with Crippen molar-refractivity contribution in [1.82, 2.24) is 4.98 Å². The van der Waals surface area contributed by atoms with Gasteiger partial charge in [-0.15, -0.1) is 0 Å². The van der Waals surface area contributed by atoms with Crippen molar-refractivity contribution < 1.29 is 19.1 Å². The number of rotatable bonds is 7. The number of hydrogen-bond acceptors (Lipinski definition) is 6. The van der Waals surface area contributed by atoms with Crippen molar-refractivity contribution >= 4 is 46.0 Å². The smallest absolute Gasteiger partial charge is 0.320 e. The molecule has 0 aliphatic carbocycles. The number of aromatic nitrogens is 1. The highest BCUT2D eigenvalue weighted by atomic mass is 35.5. The fourth-order valence-corrected chi connectivity index (χ4v) is 3.94. The summed E-state index contributed by atoms with van der Waals surface area (Å²) in [5.41, 5.74) is 15.4. The van der Waals surface area contributed by atoms with Gasteiger partial charge in [0, 0.05) is 16.8 Å². The van der Waals surface area contributed by atoms with Crippen molar-refractivity contribution in [2.75, 3.05) is 5.73 Å². The summed E-state index contributed by atoms with van der Waals surface area (Å²) in [6.45, 7) is 0.0817. The summed E-state index contributed by atoms with van der Waals surface area (Å²) >= 11 is 12.7. The van der Waals surface area contributed by atoms with Crippen LogP contribution >= 0.6 is 23.2 Å². The van der Waals surface area contributed by atoms with Crippen LogP contribution in [-0.4, -0.2) is 22.1 Å². The number of nitrogens with zero attached hydrogens (tertiary/aromatic N) is 1. The first-order valence-corrected chi connectivity index (χ1v) is 10.4. The number of ether oxygens (including phenoxy) is 1. The molecule has 9 heteroatoms. The number of benzene rings is 3. The van der Waals surface area contributed by atoms with Gasteiger partial charge in [0.15, 0.2) is 11.3 Å². The number of carboxylic acid groups (broad SMARTS) is 1. The van der Waals surface area contributed by atoms with Crippen LogP contribution in [0.15, 0.2) is 59.0 Å². The molecule has 164 valence electrons. The Labute approximate surface area is 193 Å². The third-order valence-electron chi connectivity index (χ3n) is 4.81. The third kappa shape index (κ3) is 4.65. The Kier molecular flexibility index (Phi) is 6.23. The lowest BCUT2D eigenvalue weighted by molar-refractivity contribution is -0.138. The van der Waals surface area contributed by atoms with Gasteiger partial charge in [0.05, 0.1) is 10.0 Å². The van der Waals surface area contributed by atoms with Crippen molar-refractivity contribution in [1.29, 1.82) is 0 Å². The standard InChI is InChI=1S/C23H19Cl2N3O4/c24-16-6-12(8-18(27)23(29)30)7-17(25)21(16)31-11-14-9-15(26)10-19-20(14)32-22(28-19)13-4-2-1-3-5-13/h1-7,9-10,18H,8,11,26-27H2,(H,29,30). The van der Waals surface area contributed by atoms with Crippen LogP contribution in [0.1, 0.15) is 11.1 Å². The first-order valence-electron chi connectivity index (χ1n) is 9.65. The summed E-state index contributed by atoms with van der Waals surface area (Å²) < 4.78 is 11.9. The zero-order valence-corrected chi connectivity index (χ0v) is 18.2. The van der Waals surface area contributed by atoms with E-state index in [-0.39, 0.29) is 28.8 Å². The van der Waals surface area contributed by atoms with Crippen molar-refractivity contribution in [2.45, 2.75) is 19.1 Å². The summed E-state index contributed by atoms with van der Waals surface area (Å²) in [6, 6.07) is 15.1. The Balaban J connectivity index is 1.60. The van der Waals surface area contributed by atoms with Gasteiger partial charge < -0.3 is 25.7 Å². The first-order chi connectivity index (χ1) is 15.3. The first kappa shape index (κ1) is 22.0. The lowest BCUT2D eigenvalue weighted by atomic mass is 10.1. The minimum Gasteiger partial charge on any atom is -0.486 e.